The molecule has 1 aromatic heterocycles. The highest BCUT2D eigenvalue weighted by atomic mass is 35.5. The second-order valence-electron chi connectivity index (χ2n) is 6.71. The summed E-state index contributed by atoms with van der Waals surface area (Å²) in [6.45, 7) is 1.93. The molecule has 2 heterocycles. The van der Waals surface area contributed by atoms with E-state index < -0.39 is 0 Å². The number of likely N-dealkylation sites (tertiary alicyclic amines) is 1. The Morgan fingerprint density at radius 3 is 2.88 bits per heavy atom. The van der Waals surface area contributed by atoms with Crippen molar-refractivity contribution in [1.82, 2.24) is 20.2 Å². The van der Waals surface area contributed by atoms with E-state index in [1.54, 1.807) is 7.11 Å². The van der Waals surface area contributed by atoms with Crippen LogP contribution in [0.4, 0.5) is 4.79 Å². The van der Waals surface area contributed by atoms with Crippen LogP contribution in [0.3, 0.4) is 0 Å². The quantitative estimate of drug-likeness (QED) is 0.896. The minimum absolute atomic E-state index is 0.0278. The first-order valence-corrected chi connectivity index (χ1v) is 8.71. The van der Waals surface area contributed by atoms with Gasteiger partial charge in [0.2, 0.25) is 0 Å². The Morgan fingerprint density at radius 2 is 2.17 bits per heavy atom. The van der Waals surface area contributed by atoms with Crippen LogP contribution >= 0.6 is 11.6 Å². The number of carbonyl (C=O) groups excluding carboxylic acids is 1. The maximum Gasteiger partial charge on any atom is 0.317 e. The molecule has 2 unspecified atom stereocenters. The molecular weight excluding hydrogens is 328 g/mol. The number of hydrogen-bond donors (Lipinski definition) is 2. The van der Waals surface area contributed by atoms with Crippen molar-refractivity contribution in [3.8, 4) is 0 Å². The van der Waals surface area contributed by atoms with E-state index in [0.29, 0.717) is 29.5 Å². The average molecular weight is 349 g/mol. The van der Waals surface area contributed by atoms with Gasteiger partial charge < -0.3 is 19.9 Å². The number of halogens is 1. The van der Waals surface area contributed by atoms with Gasteiger partial charge >= 0.3 is 6.03 Å². The Labute approximate surface area is 145 Å². The van der Waals surface area contributed by atoms with E-state index in [1.165, 1.54) is 0 Å². The first-order chi connectivity index (χ1) is 11.6. The van der Waals surface area contributed by atoms with E-state index in [4.69, 9.17) is 16.3 Å². The van der Waals surface area contributed by atoms with Crippen molar-refractivity contribution >= 4 is 28.7 Å². The Hall–Kier alpha value is -1.79. The number of aromatic amines is 1. The second-order valence-corrected chi connectivity index (χ2v) is 7.14. The van der Waals surface area contributed by atoms with Crippen LogP contribution in [-0.2, 0) is 11.3 Å². The molecule has 0 radical (unpaired) electrons. The standard InChI is InChI=1S/C17H21ClN4O2/c1-24-16-10-2-3-11(16)9-22(8-10)17(23)19-7-15-20-13-5-4-12(18)6-14(13)21-15/h4-6,10-11,16H,2-3,7-9H2,1H3,(H,19,23)(H,20,21). The number of benzene rings is 1. The van der Waals surface area contributed by atoms with Crippen molar-refractivity contribution in [3.63, 3.8) is 0 Å². The van der Waals surface area contributed by atoms with Crippen LogP contribution in [0, 0.1) is 11.8 Å². The number of nitrogens with one attached hydrogen (secondary N) is 2. The number of H-pyrrole nitrogens is 1. The minimum atomic E-state index is -0.0278. The number of amides is 2. The van der Waals surface area contributed by atoms with Crippen LogP contribution in [0.5, 0.6) is 0 Å². The summed E-state index contributed by atoms with van der Waals surface area (Å²) in [6, 6.07) is 5.48. The lowest BCUT2D eigenvalue weighted by molar-refractivity contribution is -0.00510. The molecule has 1 aliphatic heterocycles. The number of nitrogens with zero attached hydrogens (tertiary/aromatic N) is 2. The summed E-state index contributed by atoms with van der Waals surface area (Å²) in [5.41, 5.74) is 1.73. The molecule has 1 aliphatic carbocycles. The monoisotopic (exact) mass is 348 g/mol. The van der Waals surface area contributed by atoms with E-state index >= 15 is 0 Å². The Morgan fingerprint density at radius 1 is 1.42 bits per heavy atom. The van der Waals surface area contributed by atoms with Crippen LogP contribution < -0.4 is 5.32 Å². The van der Waals surface area contributed by atoms with Crippen molar-refractivity contribution in [3.05, 3.63) is 29.0 Å². The number of piperidine rings is 1. The lowest BCUT2D eigenvalue weighted by atomic mass is 9.95. The van der Waals surface area contributed by atoms with Gasteiger partial charge in [0.1, 0.15) is 5.82 Å². The van der Waals surface area contributed by atoms with E-state index in [-0.39, 0.29) is 6.03 Å². The van der Waals surface area contributed by atoms with E-state index in [1.807, 2.05) is 23.1 Å². The van der Waals surface area contributed by atoms with Crippen molar-refractivity contribution in [2.45, 2.75) is 25.5 Å². The molecule has 7 heteroatoms. The van der Waals surface area contributed by atoms with Crippen LogP contribution in [0.15, 0.2) is 18.2 Å². The highest BCUT2D eigenvalue weighted by Crippen LogP contribution is 2.38. The van der Waals surface area contributed by atoms with Crippen LogP contribution in [0.1, 0.15) is 18.7 Å². The van der Waals surface area contributed by atoms with Gasteiger partial charge in [0.15, 0.2) is 0 Å². The SMILES string of the molecule is COC1C2CCC1CN(C(=O)NCc1nc3ccc(Cl)cc3[nH]1)C2. The third-order valence-electron chi connectivity index (χ3n) is 5.21. The normalized spacial score (nSPS) is 26.1. The maximum atomic E-state index is 12.5. The van der Waals surface area contributed by atoms with Gasteiger partial charge in [0.05, 0.1) is 23.7 Å². The molecule has 2 bridgehead atoms. The van der Waals surface area contributed by atoms with Crippen molar-refractivity contribution < 1.29 is 9.53 Å². The van der Waals surface area contributed by atoms with Gasteiger partial charge in [-0.05, 0) is 31.0 Å². The van der Waals surface area contributed by atoms with Gasteiger partial charge in [-0.25, -0.2) is 9.78 Å². The third kappa shape index (κ3) is 2.84. The van der Waals surface area contributed by atoms with Crippen LogP contribution in [0.2, 0.25) is 5.02 Å². The molecule has 2 amide bonds. The smallest absolute Gasteiger partial charge is 0.317 e. The topological polar surface area (TPSA) is 70.2 Å². The highest BCUT2D eigenvalue weighted by molar-refractivity contribution is 6.31. The van der Waals surface area contributed by atoms with Crippen LogP contribution in [0.25, 0.3) is 11.0 Å². The Bertz CT molecular complexity index is 748. The number of imidazole rings is 1. The number of ether oxygens (including phenoxy) is 1. The Balaban J connectivity index is 1.38. The molecule has 0 spiro atoms. The van der Waals surface area contributed by atoms with E-state index in [9.17, 15) is 4.79 Å². The summed E-state index contributed by atoms with van der Waals surface area (Å²) in [5.74, 6) is 1.66. The largest absolute Gasteiger partial charge is 0.381 e. The molecular formula is C17H21ClN4O2. The molecule has 2 fully saturated rings. The molecule has 2 aliphatic rings. The minimum Gasteiger partial charge on any atom is -0.381 e. The zero-order valence-electron chi connectivity index (χ0n) is 13.6. The number of hydrogen-bond acceptors (Lipinski definition) is 3. The predicted molar refractivity (Wildman–Crippen MR) is 91.9 cm³/mol. The first kappa shape index (κ1) is 15.7. The second kappa shape index (κ2) is 6.26. The summed E-state index contributed by atoms with van der Waals surface area (Å²) < 4.78 is 5.59. The number of fused-ring (bicyclic) bond motifs is 3. The molecule has 1 aromatic carbocycles. The van der Waals surface area contributed by atoms with E-state index in [0.717, 1.165) is 42.8 Å². The number of carbonyl (C=O) groups is 1. The number of rotatable bonds is 3. The summed E-state index contributed by atoms with van der Waals surface area (Å²) in [4.78, 5) is 22.0. The van der Waals surface area contributed by atoms with Gasteiger partial charge in [-0.3, -0.25) is 0 Å². The van der Waals surface area contributed by atoms with E-state index in [2.05, 4.69) is 15.3 Å². The maximum absolute atomic E-state index is 12.5. The third-order valence-corrected chi connectivity index (χ3v) is 5.44. The van der Waals surface area contributed by atoms with Gasteiger partial charge in [0.25, 0.3) is 0 Å². The molecule has 2 aromatic rings. The summed E-state index contributed by atoms with van der Waals surface area (Å²) >= 11 is 5.98. The van der Waals surface area contributed by atoms with Crippen molar-refractivity contribution in [2.24, 2.45) is 11.8 Å². The van der Waals surface area contributed by atoms with Gasteiger partial charge in [-0.15, -0.1) is 0 Å². The van der Waals surface area contributed by atoms with Gasteiger partial charge in [0, 0.05) is 37.1 Å². The molecule has 24 heavy (non-hydrogen) atoms. The molecule has 4 rings (SSSR count). The molecule has 2 N–H and O–H groups in total. The number of aromatic nitrogens is 2. The number of methoxy groups -OCH3 is 1. The zero-order chi connectivity index (χ0) is 16.7. The fraction of sp³-hybridized carbons (Fsp3) is 0.529. The zero-order valence-corrected chi connectivity index (χ0v) is 14.3. The fourth-order valence-corrected chi connectivity index (χ4v) is 4.28. The Kier molecular flexibility index (Phi) is 4.10. The number of urea groups is 1. The summed E-state index contributed by atoms with van der Waals surface area (Å²) in [7, 11) is 1.78. The molecule has 128 valence electrons. The molecule has 2 atom stereocenters. The van der Waals surface area contributed by atoms with Crippen LogP contribution in [-0.4, -0.2) is 47.2 Å². The average Bonchev–Trinajstić information content (AvgIpc) is 3.08. The lowest BCUT2D eigenvalue weighted by Crippen LogP contribution is -2.51. The summed E-state index contributed by atoms with van der Waals surface area (Å²) in [6.07, 6.45) is 2.61. The fourth-order valence-electron chi connectivity index (χ4n) is 4.11. The highest BCUT2D eigenvalue weighted by Gasteiger charge is 2.43. The molecule has 1 saturated carbocycles. The van der Waals surface area contributed by atoms with Crippen molar-refractivity contribution in [2.75, 3.05) is 20.2 Å². The van der Waals surface area contributed by atoms with Crippen molar-refractivity contribution in [1.29, 1.82) is 0 Å². The molecule has 6 nitrogen and oxygen atoms in total. The van der Waals surface area contributed by atoms with Gasteiger partial charge in [-0.2, -0.15) is 0 Å². The first-order valence-electron chi connectivity index (χ1n) is 8.34. The van der Waals surface area contributed by atoms with Gasteiger partial charge in [-0.1, -0.05) is 11.6 Å². The summed E-state index contributed by atoms with van der Waals surface area (Å²) in [5, 5.41) is 3.63. The predicted octanol–water partition coefficient (Wildman–Crippen LogP) is 2.78. The molecule has 1 saturated heterocycles. The lowest BCUT2D eigenvalue weighted by Gasteiger charge is -2.37.